The molecule has 0 fully saturated rings. The van der Waals surface area contributed by atoms with Crippen molar-refractivity contribution in [1.29, 1.82) is 0 Å². The number of benzene rings is 2. The highest BCUT2D eigenvalue weighted by Crippen LogP contribution is 2.19. The number of carboxylic acid groups (broad SMARTS) is 1. The van der Waals surface area contributed by atoms with Crippen LogP contribution in [0.2, 0.25) is 0 Å². The summed E-state index contributed by atoms with van der Waals surface area (Å²) in [6, 6.07) is 7.61. The Labute approximate surface area is 111 Å². The minimum absolute atomic E-state index is 0.0786. The van der Waals surface area contributed by atoms with Crippen LogP contribution in [0.3, 0.4) is 0 Å². The van der Waals surface area contributed by atoms with Crippen molar-refractivity contribution in [3.8, 4) is 5.69 Å². The third-order valence-corrected chi connectivity index (χ3v) is 2.84. The molecule has 0 saturated carbocycles. The Morgan fingerprint density at radius 3 is 2.60 bits per heavy atom. The molecule has 20 heavy (non-hydrogen) atoms. The second kappa shape index (κ2) is 4.37. The molecule has 0 bridgehead atoms. The number of hydrogen-bond acceptors (Lipinski definition) is 3. The molecule has 3 aromatic rings. The molecule has 0 atom stereocenters. The lowest BCUT2D eigenvalue weighted by Crippen LogP contribution is -1.99. The molecule has 0 unspecified atom stereocenters. The van der Waals surface area contributed by atoms with Gasteiger partial charge in [-0.2, -0.15) is 0 Å². The van der Waals surface area contributed by atoms with Gasteiger partial charge in [-0.05, 0) is 30.3 Å². The van der Waals surface area contributed by atoms with E-state index in [4.69, 9.17) is 5.11 Å². The maximum atomic E-state index is 13.2. The van der Waals surface area contributed by atoms with Crippen LogP contribution in [0.4, 0.5) is 8.78 Å². The molecule has 0 amide bonds. The summed E-state index contributed by atoms with van der Waals surface area (Å²) < 4.78 is 27.4. The summed E-state index contributed by atoms with van der Waals surface area (Å²) in [5.74, 6) is -3.02. The normalized spacial score (nSPS) is 10.9. The molecule has 0 aliphatic rings. The highest BCUT2D eigenvalue weighted by Gasteiger charge is 2.11. The Kier molecular flexibility index (Phi) is 2.67. The molecule has 1 N–H and O–H groups in total. The average Bonchev–Trinajstić information content (AvgIpc) is 2.84. The second-order valence-electron chi connectivity index (χ2n) is 4.11. The fourth-order valence-corrected chi connectivity index (χ4v) is 1.86. The monoisotopic (exact) mass is 275 g/mol. The molecule has 0 aliphatic heterocycles. The van der Waals surface area contributed by atoms with Crippen molar-refractivity contribution in [3.63, 3.8) is 0 Å². The van der Waals surface area contributed by atoms with Crippen LogP contribution in [-0.2, 0) is 0 Å². The van der Waals surface area contributed by atoms with Gasteiger partial charge < -0.3 is 5.11 Å². The number of hydrogen-bond donors (Lipinski definition) is 1. The lowest BCUT2D eigenvalue weighted by atomic mass is 10.2. The molecule has 0 saturated heterocycles. The predicted octanol–water partition coefficient (Wildman–Crippen LogP) is 2.40. The molecule has 1 heterocycles. The molecule has 0 spiro atoms. The summed E-state index contributed by atoms with van der Waals surface area (Å²) in [4.78, 5) is 10.9. The summed E-state index contributed by atoms with van der Waals surface area (Å²) in [5, 5.41) is 16.5. The van der Waals surface area contributed by atoms with Crippen molar-refractivity contribution in [2.75, 3.05) is 0 Å². The predicted molar refractivity (Wildman–Crippen MR) is 65.7 cm³/mol. The third-order valence-electron chi connectivity index (χ3n) is 2.84. The zero-order chi connectivity index (χ0) is 14.3. The van der Waals surface area contributed by atoms with E-state index in [9.17, 15) is 13.6 Å². The van der Waals surface area contributed by atoms with Crippen LogP contribution >= 0.6 is 0 Å². The summed E-state index contributed by atoms with van der Waals surface area (Å²) >= 11 is 0. The number of aromatic carboxylic acids is 1. The number of carboxylic acids is 1. The van der Waals surface area contributed by atoms with E-state index >= 15 is 0 Å². The van der Waals surface area contributed by atoms with E-state index in [-0.39, 0.29) is 5.56 Å². The smallest absolute Gasteiger partial charge is 0.335 e. The standard InChI is InChI=1S/C13H7F2N3O2/c14-9-3-2-8(6-10(9)15)18-12-4-1-7(13(19)20)5-11(12)16-17-18/h1-6H,(H,19,20). The Hall–Kier alpha value is -2.83. The van der Waals surface area contributed by atoms with E-state index in [0.29, 0.717) is 16.7 Å². The molecule has 5 nitrogen and oxygen atoms in total. The number of rotatable bonds is 2. The number of aromatic nitrogens is 3. The quantitative estimate of drug-likeness (QED) is 0.779. The third kappa shape index (κ3) is 1.89. The van der Waals surface area contributed by atoms with Crippen LogP contribution in [0.1, 0.15) is 10.4 Å². The number of halogens is 2. The molecule has 2 aromatic carbocycles. The van der Waals surface area contributed by atoms with E-state index in [0.717, 1.165) is 12.1 Å². The van der Waals surface area contributed by atoms with Gasteiger partial charge in [-0.3, -0.25) is 0 Å². The van der Waals surface area contributed by atoms with Gasteiger partial charge in [0.15, 0.2) is 11.6 Å². The fraction of sp³-hybridized carbons (Fsp3) is 0. The van der Waals surface area contributed by atoms with E-state index in [2.05, 4.69) is 10.3 Å². The maximum absolute atomic E-state index is 13.2. The molecular weight excluding hydrogens is 268 g/mol. The molecule has 100 valence electrons. The first-order valence-electron chi connectivity index (χ1n) is 5.60. The second-order valence-corrected chi connectivity index (χ2v) is 4.11. The molecule has 0 aliphatic carbocycles. The summed E-state index contributed by atoms with van der Waals surface area (Å²) in [5.41, 5.74) is 1.24. The van der Waals surface area contributed by atoms with Crippen molar-refractivity contribution < 1.29 is 18.7 Å². The SMILES string of the molecule is O=C(O)c1ccc2c(c1)nnn2-c1ccc(F)c(F)c1. The summed E-state index contributed by atoms with van der Waals surface area (Å²) in [7, 11) is 0. The Bertz CT molecular complexity index is 830. The van der Waals surface area contributed by atoms with Crippen LogP contribution in [-0.4, -0.2) is 26.1 Å². The fourth-order valence-electron chi connectivity index (χ4n) is 1.86. The van der Waals surface area contributed by atoms with E-state index in [1.54, 1.807) is 0 Å². The van der Waals surface area contributed by atoms with Crippen LogP contribution in [0, 0.1) is 11.6 Å². The van der Waals surface area contributed by atoms with Crippen LogP contribution < -0.4 is 0 Å². The van der Waals surface area contributed by atoms with Gasteiger partial charge in [0.1, 0.15) is 5.52 Å². The van der Waals surface area contributed by atoms with Gasteiger partial charge in [0.25, 0.3) is 0 Å². The van der Waals surface area contributed by atoms with Gasteiger partial charge in [-0.1, -0.05) is 5.21 Å². The highest BCUT2D eigenvalue weighted by molar-refractivity contribution is 5.92. The Balaban J connectivity index is 2.17. The minimum atomic E-state index is -1.07. The van der Waals surface area contributed by atoms with Crippen molar-refractivity contribution in [2.24, 2.45) is 0 Å². The molecule has 7 heteroatoms. The Morgan fingerprint density at radius 1 is 1.10 bits per heavy atom. The molecule has 3 rings (SSSR count). The molecule has 0 radical (unpaired) electrons. The first-order valence-corrected chi connectivity index (χ1v) is 5.60. The minimum Gasteiger partial charge on any atom is -0.478 e. The first kappa shape index (κ1) is 12.2. The van der Waals surface area contributed by atoms with Gasteiger partial charge in [0, 0.05) is 6.07 Å². The lowest BCUT2D eigenvalue weighted by molar-refractivity contribution is 0.0697. The van der Waals surface area contributed by atoms with Gasteiger partial charge in [0.05, 0.1) is 16.8 Å². The zero-order valence-corrected chi connectivity index (χ0v) is 9.92. The summed E-state index contributed by atoms with van der Waals surface area (Å²) in [6.07, 6.45) is 0. The average molecular weight is 275 g/mol. The van der Waals surface area contributed by atoms with E-state index in [1.807, 2.05) is 0 Å². The topological polar surface area (TPSA) is 68.0 Å². The molecular formula is C13H7F2N3O2. The zero-order valence-electron chi connectivity index (χ0n) is 9.92. The largest absolute Gasteiger partial charge is 0.478 e. The number of carbonyl (C=O) groups is 1. The van der Waals surface area contributed by atoms with E-state index in [1.165, 1.54) is 28.9 Å². The van der Waals surface area contributed by atoms with Crippen molar-refractivity contribution in [1.82, 2.24) is 15.0 Å². The Morgan fingerprint density at radius 2 is 1.90 bits per heavy atom. The summed E-state index contributed by atoms with van der Waals surface area (Å²) in [6.45, 7) is 0. The van der Waals surface area contributed by atoms with Crippen molar-refractivity contribution >= 4 is 17.0 Å². The van der Waals surface area contributed by atoms with Crippen LogP contribution in [0.25, 0.3) is 16.7 Å². The van der Waals surface area contributed by atoms with Crippen LogP contribution in [0.15, 0.2) is 36.4 Å². The van der Waals surface area contributed by atoms with Gasteiger partial charge >= 0.3 is 5.97 Å². The first-order chi connectivity index (χ1) is 9.56. The maximum Gasteiger partial charge on any atom is 0.335 e. The lowest BCUT2D eigenvalue weighted by Gasteiger charge is -2.03. The van der Waals surface area contributed by atoms with Crippen molar-refractivity contribution in [2.45, 2.75) is 0 Å². The highest BCUT2D eigenvalue weighted by atomic mass is 19.2. The number of fused-ring (bicyclic) bond motifs is 1. The number of nitrogens with zero attached hydrogens (tertiary/aromatic N) is 3. The molecule has 1 aromatic heterocycles. The van der Waals surface area contributed by atoms with Crippen molar-refractivity contribution in [3.05, 3.63) is 53.6 Å². The van der Waals surface area contributed by atoms with E-state index < -0.39 is 17.6 Å². The van der Waals surface area contributed by atoms with Gasteiger partial charge in [-0.25, -0.2) is 18.3 Å². The van der Waals surface area contributed by atoms with Crippen LogP contribution in [0.5, 0.6) is 0 Å². The van der Waals surface area contributed by atoms with Gasteiger partial charge in [-0.15, -0.1) is 5.10 Å². The van der Waals surface area contributed by atoms with Gasteiger partial charge in [0.2, 0.25) is 0 Å².